The van der Waals surface area contributed by atoms with E-state index in [0.29, 0.717) is 0 Å². The van der Waals surface area contributed by atoms with Crippen LogP contribution < -0.4 is 5.73 Å². The van der Waals surface area contributed by atoms with Gasteiger partial charge in [0, 0.05) is 0 Å². The summed E-state index contributed by atoms with van der Waals surface area (Å²) in [6.07, 6.45) is -2.52. The van der Waals surface area contributed by atoms with Crippen LogP contribution in [-0.2, 0) is 4.79 Å². The molecule has 0 amide bonds. The number of hydrogen-bond acceptors (Lipinski definition) is 3. The third-order valence-corrected chi connectivity index (χ3v) is 0.834. The van der Waals surface area contributed by atoms with Crippen LogP contribution in [0.1, 0.15) is 0 Å². The molecule has 54 valence electrons. The molecule has 1 atom stereocenters. The van der Waals surface area contributed by atoms with Crippen molar-refractivity contribution < 1.29 is 18.7 Å². The van der Waals surface area contributed by atoms with Gasteiger partial charge in [0.15, 0.2) is 12.4 Å². The molecule has 0 rings (SSSR count). The number of alkyl halides is 2. The summed E-state index contributed by atoms with van der Waals surface area (Å²) in [5, 5.41) is 8.19. The molecule has 0 saturated carbocycles. The van der Waals surface area contributed by atoms with E-state index >= 15 is 0 Å². The second kappa shape index (κ2) is 2.84. The molecule has 0 spiro atoms. The van der Waals surface area contributed by atoms with Crippen LogP contribution in [0.3, 0.4) is 0 Å². The van der Waals surface area contributed by atoms with Gasteiger partial charge in [0.25, 0.3) is 5.92 Å². The maximum atomic E-state index is 11.9. The summed E-state index contributed by atoms with van der Waals surface area (Å²) >= 11 is 0. The van der Waals surface area contributed by atoms with Gasteiger partial charge in [-0.15, -0.1) is 0 Å². The van der Waals surface area contributed by atoms with Gasteiger partial charge in [0.05, 0.1) is 6.54 Å². The van der Waals surface area contributed by atoms with Crippen LogP contribution in [0.2, 0.25) is 0 Å². The fourth-order valence-electron chi connectivity index (χ4n) is 0.220. The van der Waals surface area contributed by atoms with Crippen LogP contribution in [0.25, 0.3) is 0 Å². The summed E-state index contributed by atoms with van der Waals surface area (Å²) in [7, 11) is 0. The Bertz CT molecular complexity index is 107. The molecule has 0 bridgehead atoms. The zero-order valence-electron chi connectivity index (χ0n) is 4.55. The normalized spacial score (nSPS) is 15.1. The Labute approximate surface area is 50.5 Å². The first-order valence-corrected chi connectivity index (χ1v) is 2.26. The minimum absolute atomic E-state index is 0.243. The van der Waals surface area contributed by atoms with Gasteiger partial charge in [-0.3, -0.25) is 0 Å². The predicted octanol–water partition coefficient (Wildman–Crippen LogP) is -0.860. The number of aliphatic hydroxyl groups excluding tert-OH is 1. The Morgan fingerprint density at radius 1 is 1.78 bits per heavy atom. The highest BCUT2D eigenvalue weighted by Crippen LogP contribution is 2.14. The quantitative estimate of drug-likeness (QED) is 0.500. The maximum Gasteiger partial charge on any atom is 0.292 e. The summed E-state index contributed by atoms with van der Waals surface area (Å²) < 4.78 is 23.9. The van der Waals surface area contributed by atoms with Crippen LogP contribution in [0.4, 0.5) is 8.78 Å². The number of nitrogens with two attached hydrogens (primary N) is 1. The maximum absolute atomic E-state index is 11.9. The lowest BCUT2D eigenvalue weighted by atomic mass is 10.2. The van der Waals surface area contributed by atoms with E-state index in [-0.39, 0.29) is 6.29 Å². The largest absolute Gasteiger partial charge is 0.379 e. The van der Waals surface area contributed by atoms with E-state index in [1.165, 1.54) is 0 Å². The molecule has 0 heterocycles. The van der Waals surface area contributed by atoms with Gasteiger partial charge in [0.2, 0.25) is 0 Å². The first-order chi connectivity index (χ1) is 4.04. The summed E-state index contributed by atoms with van der Waals surface area (Å²) in [5.41, 5.74) is 4.51. The number of halogens is 2. The molecule has 0 fully saturated rings. The first kappa shape index (κ1) is 8.45. The molecule has 0 aliphatic heterocycles. The monoisotopic (exact) mass is 139 g/mol. The molecule has 0 aliphatic rings. The Morgan fingerprint density at radius 2 is 2.22 bits per heavy atom. The van der Waals surface area contributed by atoms with Gasteiger partial charge >= 0.3 is 0 Å². The molecule has 3 N–H and O–H groups in total. The van der Waals surface area contributed by atoms with Crippen LogP contribution in [0, 0.1) is 0 Å². The van der Waals surface area contributed by atoms with Crippen molar-refractivity contribution in [3.63, 3.8) is 0 Å². The fraction of sp³-hybridized carbons (Fsp3) is 0.750. The van der Waals surface area contributed by atoms with Crippen molar-refractivity contribution in [1.29, 1.82) is 0 Å². The number of carbonyl (C=O) groups excluding carboxylic acids is 1. The molecule has 5 heteroatoms. The highest BCUT2D eigenvalue weighted by atomic mass is 19.3. The molecule has 1 unspecified atom stereocenters. The molecule has 0 aromatic rings. The second-order valence-corrected chi connectivity index (χ2v) is 1.55. The zero-order valence-corrected chi connectivity index (χ0v) is 4.55. The number of rotatable bonds is 3. The average molecular weight is 139 g/mol. The second-order valence-electron chi connectivity index (χ2n) is 1.55. The lowest BCUT2D eigenvalue weighted by Crippen LogP contribution is -2.41. The number of aldehydes is 1. The van der Waals surface area contributed by atoms with Gasteiger partial charge in [-0.25, -0.2) is 8.78 Å². The summed E-state index contributed by atoms with van der Waals surface area (Å²) in [5.74, 6) is -3.48. The molecule has 0 radical (unpaired) electrons. The minimum atomic E-state index is -3.48. The molecular weight excluding hydrogens is 132 g/mol. The lowest BCUT2D eigenvalue weighted by Gasteiger charge is -2.14. The van der Waals surface area contributed by atoms with Crippen LogP contribution in [0.5, 0.6) is 0 Å². The molecule has 0 aromatic heterocycles. The SMILES string of the molecule is NCC(F)(F)C(O)C=O. The van der Waals surface area contributed by atoms with E-state index in [9.17, 15) is 13.6 Å². The van der Waals surface area contributed by atoms with Gasteiger partial charge in [-0.1, -0.05) is 0 Å². The molecule has 3 nitrogen and oxygen atoms in total. The average Bonchev–Trinajstić information content (AvgIpc) is 1.86. The highest BCUT2D eigenvalue weighted by molar-refractivity contribution is 5.57. The molecular formula is C4H7F2NO2. The van der Waals surface area contributed by atoms with Gasteiger partial charge in [-0.05, 0) is 0 Å². The van der Waals surface area contributed by atoms with Gasteiger partial charge in [0.1, 0.15) is 0 Å². The van der Waals surface area contributed by atoms with Gasteiger partial charge in [-0.2, -0.15) is 0 Å². The van der Waals surface area contributed by atoms with E-state index in [0.717, 1.165) is 0 Å². The van der Waals surface area contributed by atoms with Crippen molar-refractivity contribution in [2.45, 2.75) is 12.0 Å². The van der Waals surface area contributed by atoms with Crippen molar-refractivity contribution in [2.75, 3.05) is 6.54 Å². The Morgan fingerprint density at radius 3 is 2.33 bits per heavy atom. The summed E-state index contributed by atoms with van der Waals surface area (Å²) in [6, 6.07) is 0. The van der Waals surface area contributed by atoms with Crippen molar-refractivity contribution in [1.82, 2.24) is 0 Å². The van der Waals surface area contributed by atoms with Crippen molar-refractivity contribution in [3.8, 4) is 0 Å². The van der Waals surface area contributed by atoms with E-state index in [1.54, 1.807) is 0 Å². The van der Waals surface area contributed by atoms with Gasteiger partial charge < -0.3 is 15.6 Å². The lowest BCUT2D eigenvalue weighted by molar-refractivity contribution is -0.137. The van der Waals surface area contributed by atoms with E-state index in [2.05, 4.69) is 5.73 Å². The van der Waals surface area contributed by atoms with Crippen LogP contribution in [0.15, 0.2) is 0 Å². The van der Waals surface area contributed by atoms with Crippen molar-refractivity contribution in [3.05, 3.63) is 0 Å². The number of carbonyl (C=O) groups is 1. The zero-order chi connectivity index (χ0) is 7.49. The van der Waals surface area contributed by atoms with Crippen molar-refractivity contribution >= 4 is 6.29 Å². The molecule has 9 heavy (non-hydrogen) atoms. The predicted molar refractivity (Wildman–Crippen MR) is 26.1 cm³/mol. The third-order valence-electron chi connectivity index (χ3n) is 0.834. The van der Waals surface area contributed by atoms with E-state index in [4.69, 9.17) is 5.11 Å². The smallest absolute Gasteiger partial charge is 0.292 e. The molecule has 0 saturated heterocycles. The Kier molecular flexibility index (Phi) is 2.66. The fourth-order valence-corrected chi connectivity index (χ4v) is 0.220. The minimum Gasteiger partial charge on any atom is -0.379 e. The summed E-state index contributed by atoms with van der Waals surface area (Å²) in [6.45, 7) is -1.02. The summed E-state index contributed by atoms with van der Waals surface area (Å²) in [4.78, 5) is 9.52. The molecule has 0 aromatic carbocycles. The van der Waals surface area contributed by atoms with E-state index in [1.807, 2.05) is 0 Å². The highest BCUT2D eigenvalue weighted by Gasteiger charge is 2.36. The first-order valence-electron chi connectivity index (χ1n) is 2.26. The standard InChI is InChI=1S/C4H7F2NO2/c5-4(6,2-7)3(9)1-8/h1,3,9H,2,7H2. The Balaban J connectivity index is 3.95. The Hall–Kier alpha value is -0.550. The van der Waals surface area contributed by atoms with Crippen LogP contribution in [-0.4, -0.2) is 30.0 Å². The number of aliphatic hydroxyl groups is 1. The number of hydrogen-bond donors (Lipinski definition) is 2. The van der Waals surface area contributed by atoms with Crippen LogP contribution >= 0.6 is 0 Å². The van der Waals surface area contributed by atoms with E-state index < -0.39 is 18.6 Å². The van der Waals surface area contributed by atoms with Crippen molar-refractivity contribution in [2.24, 2.45) is 5.73 Å². The topological polar surface area (TPSA) is 63.3 Å². The third kappa shape index (κ3) is 2.03. The molecule has 0 aliphatic carbocycles.